The number of benzene rings is 2. The van der Waals surface area contributed by atoms with E-state index in [0.717, 1.165) is 5.56 Å². The Kier molecular flexibility index (Phi) is 8.79. The van der Waals surface area contributed by atoms with Crippen molar-refractivity contribution in [2.24, 2.45) is 4.99 Å². The summed E-state index contributed by atoms with van der Waals surface area (Å²) in [5.74, 6) is 3.29. The Bertz CT molecular complexity index is 1650. The molecule has 0 unspecified atom stereocenters. The fourth-order valence-electron chi connectivity index (χ4n) is 4.23. The molecule has 0 N–H and O–H groups in total. The number of hydrogen-bond donors (Lipinski definition) is 0. The third-order valence-electron chi connectivity index (χ3n) is 5.88. The number of aromatic nitrogens is 1. The van der Waals surface area contributed by atoms with E-state index in [-0.39, 0.29) is 18.8 Å². The van der Waals surface area contributed by atoms with Gasteiger partial charge in [-0.2, -0.15) is 0 Å². The molecule has 0 fully saturated rings. The normalized spacial score (nSPS) is 14.8. The van der Waals surface area contributed by atoms with E-state index in [4.69, 9.17) is 37.0 Å². The first-order valence-corrected chi connectivity index (χ1v) is 13.4. The number of hydrogen-bond acceptors (Lipinski definition) is 8. The minimum absolute atomic E-state index is 0.0330. The second-order valence-electron chi connectivity index (χ2n) is 8.33. The van der Waals surface area contributed by atoms with Crippen molar-refractivity contribution in [1.82, 2.24) is 4.57 Å². The maximum atomic E-state index is 13.8. The predicted molar refractivity (Wildman–Crippen MR) is 150 cm³/mol. The first kappa shape index (κ1) is 28.0. The molecule has 0 bridgehead atoms. The Hall–Kier alpha value is -4.00. The second kappa shape index (κ2) is 12.2. The average molecular weight is 567 g/mol. The molecule has 4 rings (SSSR count). The highest BCUT2D eigenvalue weighted by Crippen LogP contribution is 2.37. The Morgan fingerprint density at radius 1 is 1.21 bits per heavy atom. The second-order valence-corrected chi connectivity index (χ2v) is 9.75. The van der Waals surface area contributed by atoms with E-state index in [0.29, 0.717) is 55.0 Å². The van der Waals surface area contributed by atoms with Gasteiger partial charge in [0, 0.05) is 0 Å². The summed E-state index contributed by atoms with van der Waals surface area (Å²) in [6.45, 7) is 5.92. The van der Waals surface area contributed by atoms with Crippen LogP contribution < -0.4 is 29.1 Å². The number of carbonyl (C=O) groups excluding carboxylic acids is 1. The van der Waals surface area contributed by atoms with Gasteiger partial charge < -0.3 is 18.9 Å². The Morgan fingerprint density at radius 3 is 2.59 bits per heavy atom. The zero-order valence-electron chi connectivity index (χ0n) is 21.9. The molecule has 0 saturated carbocycles. The molecule has 0 amide bonds. The van der Waals surface area contributed by atoms with E-state index in [9.17, 15) is 9.59 Å². The number of carbonyl (C=O) groups is 1. The third-order valence-corrected chi connectivity index (χ3v) is 7.14. The number of rotatable bonds is 9. The van der Waals surface area contributed by atoms with Gasteiger partial charge in [0.25, 0.3) is 5.56 Å². The van der Waals surface area contributed by atoms with Crippen LogP contribution in [0.5, 0.6) is 17.2 Å². The van der Waals surface area contributed by atoms with Gasteiger partial charge in [-0.05, 0) is 62.2 Å². The van der Waals surface area contributed by atoms with E-state index in [1.54, 1.807) is 51.3 Å². The Morgan fingerprint density at radius 2 is 1.95 bits per heavy atom. The molecule has 8 nitrogen and oxygen atoms in total. The van der Waals surface area contributed by atoms with Gasteiger partial charge in [0.05, 0.1) is 47.2 Å². The van der Waals surface area contributed by atoms with Crippen molar-refractivity contribution in [2.45, 2.75) is 26.8 Å². The molecule has 2 aromatic carbocycles. The van der Waals surface area contributed by atoms with Crippen LogP contribution in [0.15, 0.2) is 57.5 Å². The lowest BCUT2D eigenvalue weighted by Crippen LogP contribution is -2.39. The van der Waals surface area contributed by atoms with Gasteiger partial charge in [-0.15, -0.1) is 6.42 Å². The number of terminal acetylenes is 1. The molecule has 1 atom stereocenters. The van der Waals surface area contributed by atoms with Crippen molar-refractivity contribution in [3.05, 3.63) is 83.5 Å². The topological polar surface area (TPSA) is 88.4 Å². The van der Waals surface area contributed by atoms with Gasteiger partial charge in [-0.1, -0.05) is 41.0 Å². The zero-order chi connectivity index (χ0) is 28.1. The number of esters is 1. The Balaban J connectivity index is 1.89. The zero-order valence-corrected chi connectivity index (χ0v) is 23.5. The Labute approximate surface area is 234 Å². The van der Waals surface area contributed by atoms with Crippen LogP contribution in [0.4, 0.5) is 0 Å². The first-order chi connectivity index (χ1) is 18.8. The summed E-state index contributed by atoms with van der Waals surface area (Å²) in [6.07, 6.45) is 7.03. The maximum absolute atomic E-state index is 13.8. The van der Waals surface area contributed by atoms with Gasteiger partial charge in [0.15, 0.2) is 16.3 Å². The smallest absolute Gasteiger partial charge is 0.338 e. The highest BCUT2D eigenvalue weighted by atomic mass is 35.5. The molecule has 0 aliphatic carbocycles. The summed E-state index contributed by atoms with van der Waals surface area (Å²) in [5, 5.41) is 0.298. The molecule has 0 radical (unpaired) electrons. The molecule has 1 aliphatic rings. The van der Waals surface area contributed by atoms with Crippen LogP contribution in [0.2, 0.25) is 5.02 Å². The lowest BCUT2D eigenvalue weighted by Gasteiger charge is -2.24. The van der Waals surface area contributed by atoms with Gasteiger partial charge in [-0.25, -0.2) is 9.79 Å². The fraction of sp³-hybridized carbons (Fsp3) is 0.276. The summed E-state index contributed by atoms with van der Waals surface area (Å²) >= 11 is 7.70. The van der Waals surface area contributed by atoms with Gasteiger partial charge >= 0.3 is 5.97 Å². The molecule has 202 valence electrons. The van der Waals surface area contributed by atoms with Crippen LogP contribution in [0, 0.1) is 12.3 Å². The summed E-state index contributed by atoms with van der Waals surface area (Å²) in [6, 6.07) is 9.88. The van der Waals surface area contributed by atoms with E-state index in [1.165, 1.54) is 15.9 Å². The number of ether oxygens (including phenoxy) is 4. The summed E-state index contributed by atoms with van der Waals surface area (Å²) < 4.78 is 23.8. The van der Waals surface area contributed by atoms with Crippen molar-refractivity contribution < 1.29 is 23.7 Å². The standard InChI is InChI=1S/C29H27ClN2O6S/c1-6-13-38-26-21(30)14-18(15-22(26)36-7-2)16-23-27(33)32-25(19-9-11-20(35-5)12-10-19)24(28(34)37-8-3)17(4)31-29(32)39-23/h1,9-12,14-16,25H,7-8,13H2,2-5H3/b23-16-/t25-/m0/s1. The van der Waals surface area contributed by atoms with Gasteiger partial charge in [-0.3, -0.25) is 9.36 Å². The van der Waals surface area contributed by atoms with Crippen molar-refractivity contribution in [3.63, 3.8) is 0 Å². The quantitative estimate of drug-likeness (QED) is 0.289. The van der Waals surface area contributed by atoms with Crippen molar-refractivity contribution in [2.75, 3.05) is 26.9 Å². The minimum atomic E-state index is -0.726. The largest absolute Gasteiger partial charge is 0.497 e. The van der Waals surface area contributed by atoms with Crippen LogP contribution in [0.1, 0.15) is 37.9 Å². The van der Waals surface area contributed by atoms with Crippen LogP contribution >= 0.6 is 22.9 Å². The van der Waals surface area contributed by atoms with Crippen LogP contribution in [0.3, 0.4) is 0 Å². The first-order valence-electron chi connectivity index (χ1n) is 12.2. The van der Waals surface area contributed by atoms with Crippen molar-refractivity contribution in [1.29, 1.82) is 0 Å². The number of allylic oxidation sites excluding steroid dienone is 1. The summed E-state index contributed by atoms with van der Waals surface area (Å²) in [4.78, 5) is 31.9. The maximum Gasteiger partial charge on any atom is 0.338 e. The van der Waals surface area contributed by atoms with Crippen LogP contribution in [0.25, 0.3) is 6.08 Å². The molecule has 0 saturated heterocycles. The van der Waals surface area contributed by atoms with E-state index < -0.39 is 12.0 Å². The average Bonchev–Trinajstić information content (AvgIpc) is 3.21. The number of fused-ring (bicyclic) bond motifs is 1. The van der Waals surface area contributed by atoms with Crippen LogP contribution in [-0.4, -0.2) is 37.5 Å². The van der Waals surface area contributed by atoms with Gasteiger partial charge in [0.2, 0.25) is 0 Å². The predicted octanol–water partition coefficient (Wildman–Crippen LogP) is 3.87. The molecule has 2 heterocycles. The monoisotopic (exact) mass is 566 g/mol. The molecule has 10 heteroatoms. The molecular weight excluding hydrogens is 540 g/mol. The lowest BCUT2D eigenvalue weighted by atomic mass is 9.96. The van der Waals surface area contributed by atoms with Crippen molar-refractivity contribution in [3.8, 4) is 29.6 Å². The van der Waals surface area contributed by atoms with Crippen molar-refractivity contribution >= 4 is 35.0 Å². The molecule has 0 spiro atoms. The molecule has 1 aromatic heterocycles. The molecule has 1 aliphatic heterocycles. The van der Waals surface area contributed by atoms with Gasteiger partial charge in [0.1, 0.15) is 12.4 Å². The van der Waals surface area contributed by atoms with E-state index in [1.807, 2.05) is 19.1 Å². The molecule has 3 aromatic rings. The number of thiazole rings is 1. The number of methoxy groups -OCH3 is 1. The van der Waals surface area contributed by atoms with Crippen LogP contribution in [-0.2, 0) is 9.53 Å². The highest BCUT2D eigenvalue weighted by Gasteiger charge is 2.33. The molecule has 39 heavy (non-hydrogen) atoms. The highest BCUT2D eigenvalue weighted by molar-refractivity contribution is 7.07. The minimum Gasteiger partial charge on any atom is -0.497 e. The van der Waals surface area contributed by atoms with E-state index >= 15 is 0 Å². The third kappa shape index (κ3) is 5.72. The number of halogens is 1. The lowest BCUT2D eigenvalue weighted by molar-refractivity contribution is -0.139. The number of nitrogens with zero attached hydrogens (tertiary/aromatic N) is 2. The fourth-order valence-corrected chi connectivity index (χ4v) is 5.55. The summed E-state index contributed by atoms with van der Waals surface area (Å²) in [5.41, 5.74) is 1.83. The summed E-state index contributed by atoms with van der Waals surface area (Å²) in [7, 11) is 1.57. The SMILES string of the molecule is C#CCOc1c(Cl)cc(/C=c2\sc3n(c2=O)[C@@H](c2ccc(OC)cc2)C(C(=O)OCC)=C(C)N=3)cc1OCC. The van der Waals surface area contributed by atoms with E-state index in [2.05, 4.69) is 10.9 Å². The molecular formula is C29H27ClN2O6S.